The van der Waals surface area contributed by atoms with Crippen molar-refractivity contribution in [2.75, 3.05) is 17.7 Å². The van der Waals surface area contributed by atoms with Gasteiger partial charge < -0.3 is 5.73 Å². The zero-order valence-corrected chi connectivity index (χ0v) is 11.5. The molecule has 100 valence electrons. The molecule has 0 fully saturated rings. The van der Waals surface area contributed by atoms with Crippen molar-refractivity contribution in [1.82, 2.24) is 19.3 Å². The minimum Gasteiger partial charge on any atom is -0.369 e. The summed E-state index contributed by atoms with van der Waals surface area (Å²) in [5.74, 6) is 0.540. The van der Waals surface area contributed by atoms with Crippen LogP contribution < -0.4 is 5.73 Å². The van der Waals surface area contributed by atoms with Gasteiger partial charge in [-0.25, -0.2) is 13.4 Å². The van der Waals surface area contributed by atoms with Crippen LogP contribution in [-0.4, -0.2) is 39.8 Å². The highest BCUT2D eigenvalue weighted by Gasteiger charge is 2.15. The first kappa shape index (κ1) is 12.9. The second-order valence-electron chi connectivity index (χ2n) is 4.49. The molecule has 0 saturated heterocycles. The molecule has 2 heterocycles. The van der Waals surface area contributed by atoms with Crippen LogP contribution >= 0.6 is 0 Å². The van der Waals surface area contributed by atoms with Crippen molar-refractivity contribution in [3.05, 3.63) is 5.69 Å². The largest absolute Gasteiger partial charge is 0.369 e. The normalized spacial score (nSPS) is 12.4. The number of imidazole rings is 1. The summed E-state index contributed by atoms with van der Waals surface area (Å²) < 4.78 is 25.7. The molecular formula is C10H17N5O2S. The summed E-state index contributed by atoms with van der Waals surface area (Å²) in [6.07, 6.45) is 1.74. The predicted octanol–water partition coefficient (Wildman–Crippen LogP) is 0.0951. The lowest BCUT2D eigenvalue weighted by Crippen LogP contribution is -2.11. The number of sulfone groups is 1. The van der Waals surface area contributed by atoms with Gasteiger partial charge in [0.25, 0.3) is 0 Å². The summed E-state index contributed by atoms with van der Waals surface area (Å²) in [5.41, 5.74) is 8.27. The van der Waals surface area contributed by atoms with Gasteiger partial charge in [-0.15, -0.1) is 0 Å². The molecule has 2 aromatic rings. The molecular weight excluding hydrogens is 254 g/mol. The number of nitrogens with two attached hydrogens (primary N) is 1. The summed E-state index contributed by atoms with van der Waals surface area (Å²) in [5, 5.41) is 4.27. The Labute approximate surface area is 106 Å². The minimum atomic E-state index is -2.95. The Bertz CT molecular complexity index is 683. The number of fused-ring (bicyclic) bond motifs is 1. The Morgan fingerprint density at radius 3 is 2.67 bits per heavy atom. The van der Waals surface area contributed by atoms with Crippen LogP contribution in [0.4, 0.5) is 5.95 Å². The summed E-state index contributed by atoms with van der Waals surface area (Å²) in [6.45, 7) is 2.39. The van der Waals surface area contributed by atoms with Crippen LogP contribution in [0.3, 0.4) is 0 Å². The van der Waals surface area contributed by atoms with E-state index in [1.807, 2.05) is 14.0 Å². The number of hydrogen-bond donors (Lipinski definition) is 1. The van der Waals surface area contributed by atoms with Crippen LogP contribution in [0.25, 0.3) is 11.2 Å². The first-order valence-corrected chi connectivity index (χ1v) is 7.68. The van der Waals surface area contributed by atoms with Gasteiger partial charge in [0, 0.05) is 19.8 Å². The fourth-order valence-corrected chi connectivity index (χ4v) is 2.71. The molecule has 0 bridgehead atoms. The van der Waals surface area contributed by atoms with Crippen LogP contribution in [-0.2, 0) is 23.4 Å². The molecule has 0 atom stereocenters. The summed E-state index contributed by atoms with van der Waals surface area (Å²) in [7, 11) is -1.12. The van der Waals surface area contributed by atoms with Gasteiger partial charge in [0.15, 0.2) is 5.65 Å². The molecule has 0 saturated carbocycles. The van der Waals surface area contributed by atoms with E-state index in [0.717, 1.165) is 16.9 Å². The Morgan fingerprint density at radius 1 is 1.39 bits per heavy atom. The van der Waals surface area contributed by atoms with E-state index in [0.29, 0.717) is 18.9 Å². The Kier molecular flexibility index (Phi) is 3.05. The number of hydrogen-bond acceptors (Lipinski definition) is 5. The van der Waals surface area contributed by atoms with Crippen LogP contribution in [0.15, 0.2) is 0 Å². The fraction of sp³-hybridized carbons (Fsp3) is 0.600. The number of aryl methyl sites for hydroxylation is 3. The van der Waals surface area contributed by atoms with Gasteiger partial charge in [-0.2, -0.15) is 5.10 Å². The molecule has 0 aliphatic heterocycles. The van der Waals surface area contributed by atoms with E-state index in [4.69, 9.17) is 5.73 Å². The number of nitrogens with zero attached hydrogens (tertiary/aromatic N) is 4. The predicted molar refractivity (Wildman–Crippen MR) is 70.0 cm³/mol. The van der Waals surface area contributed by atoms with Crippen molar-refractivity contribution in [2.45, 2.75) is 19.9 Å². The third-order valence-electron chi connectivity index (χ3n) is 2.82. The lowest BCUT2D eigenvalue weighted by atomic mass is 10.4. The maximum atomic E-state index is 11.1. The smallest absolute Gasteiger partial charge is 0.202 e. The van der Waals surface area contributed by atoms with Crippen LogP contribution in [0.2, 0.25) is 0 Å². The zero-order chi connectivity index (χ0) is 13.5. The number of aromatic nitrogens is 4. The maximum Gasteiger partial charge on any atom is 0.202 e. The molecule has 0 spiro atoms. The SMILES string of the molecule is Cc1nn(C)c2c1nc(N)n2CCCS(C)(=O)=O. The summed E-state index contributed by atoms with van der Waals surface area (Å²) in [4.78, 5) is 4.26. The highest BCUT2D eigenvalue weighted by atomic mass is 32.2. The molecule has 0 radical (unpaired) electrons. The first-order chi connectivity index (χ1) is 8.29. The molecule has 0 aliphatic rings. The second-order valence-corrected chi connectivity index (χ2v) is 6.75. The second kappa shape index (κ2) is 4.27. The van der Waals surface area contributed by atoms with Crippen LogP contribution in [0.1, 0.15) is 12.1 Å². The van der Waals surface area contributed by atoms with Crippen molar-refractivity contribution in [3.8, 4) is 0 Å². The number of rotatable bonds is 4. The summed E-state index contributed by atoms with van der Waals surface area (Å²) in [6, 6.07) is 0. The van der Waals surface area contributed by atoms with Crippen molar-refractivity contribution in [2.24, 2.45) is 7.05 Å². The van der Waals surface area contributed by atoms with Gasteiger partial charge in [0.2, 0.25) is 5.95 Å². The topological polar surface area (TPSA) is 95.8 Å². The number of nitrogen functional groups attached to an aromatic ring is 1. The van der Waals surface area contributed by atoms with Gasteiger partial charge in [-0.1, -0.05) is 0 Å². The highest BCUT2D eigenvalue weighted by molar-refractivity contribution is 7.90. The van der Waals surface area contributed by atoms with Gasteiger partial charge in [0.1, 0.15) is 15.4 Å². The highest BCUT2D eigenvalue weighted by Crippen LogP contribution is 2.20. The molecule has 7 nitrogen and oxygen atoms in total. The monoisotopic (exact) mass is 271 g/mol. The molecule has 0 aliphatic carbocycles. The van der Waals surface area contributed by atoms with Crippen LogP contribution in [0.5, 0.6) is 0 Å². The van der Waals surface area contributed by atoms with Gasteiger partial charge in [0.05, 0.1) is 11.4 Å². The molecule has 2 rings (SSSR count). The molecule has 8 heteroatoms. The maximum absolute atomic E-state index is 11.1. The van der Waals surface area contributed by atoms with E-state index in [1.165, 1.54) is 6.26 Å². The fourth-order valence-electron chi connectivity index (χ4n) is 2.06. The van der Waals surface area contributed by atoms with E-state index in [1.54, 1.807) is 9.25 Å². The first-order valence-electron chi connectivity index (χ1n) is 5.62. The Balaban J connectivity index is 2.30. The third kappa shape index (κ3) is 2.33. The van der Waals surface area contributed by atoms with Crippen molar-refractivity contribution in [3.63, 3.8) is 0 Å². The zero-order valence-electron chi connectivity index (χ0n) is 10.7. The van der Waals surface area contributed by atoms with E-state index >= 15 is 0 Å². The third-order valence-corrected chi connectivity index (χ3v) is 3.85. The van der Waals surface area contributed by atoms with Crippen molar-refractivity contribution in [1.29, 1.82) is 0 Å². The van der Waals surface area contributed by atoms with Gasteiger partial charge >= 0.3 is 0 Å². The van der Waals surface area contributed by atoms with E-state index in [-0.39, 0.29) is 5.75 Å². The van der Waals surface area contributed by atoms with Gasteiger partial charge in [-0.3, -0.25) is 9.25 Å². The minimum absolute atomic E-state index is 0.142. The quantitative estimate of drug-likeness (QED) is 0.850. The lowest BCUT2D eigenvalue weighted by Gasteiger charge is -2.06. The Hall–Kier alpha value is -1.57. The molecule has 2 N–H and O–H groups in total. The van der Waals surface area contributed by atoms with Crippen LogP contribution in [0, 0.1) is 6.92 Å². The van der Waals surface area contributed by atoms with E-state index in [2.05, 4.69) is 10.1 Å². The summed E-state index contributed by atoms with van der Waals surface area (Å²) >= 11 is 0. The van der Waals surface area contributed by atoms with Crippen molar-refractivity contribution >= 4 is 26.9 Å². The van der Waals surface area contributed by atoms with E-state index in [9.17, 15) is 8.42 Å². The number of anilines is 1. The van der Waals surface area contributed by atoms with Gasteiger partial charge in [-0.05, 0) is 13.3 Å². The average Bonchev–Trinajstić information content (AvgIpc) is 2.66. The molecule has 18 heavy (non-hydrogen) atoms. The molecule has 0 unspecified atom stereocenters. The Morgan fingerprint density at radius 2 is 2.06 bits per heavy atom. The van der Waals surface area contributed by atoms with Crippen molar-refractivity contribution < 1.29 is 8.42 Å². The molecule has 2 aromatic heterocycles. The lowest BCUT2D eigenvalue weighted by molar-refractivity contribution is 0.592. The molecule has 0 aromatic carbocycles. The van der Waals surface area contributed by atoms with E-state index < -0.39 is 9.84 Å². The average molecular weight is 271 g/mol. The molecule has 0 amide bonds. The standard InChI is InChI=1S/C10H17N5O2S/c1-7-8-9(14(2)13-7)15(10(11)12-8)5-4-6-18(3,16)17/h4-6H2,1-3H3,(H2,11,12).